The summed E-state index contributed by atoms with van der Waals surface area (Å²) < 4.78 is 0. The minimum absolute atomic E-state index is 0.654. The van der Waals surface area contributed by atoms with Crippen LogP contribution < -0.4 is 0 Å². The zero-order valence-electron chi connectivity index (χ0n) is 26.5. The van der Waals surface area contributed by atoms with Crippen LogP contribution in [0.1, 0.15) is 162 Å². The molecule has 0 saturated carbocycles. The number of hydrogen-bond donors (Lipinski definition) is 0. The highest BCUT2D eigenvalue weighted by atomic mass is 14.2. The maximum absolute atomic E-state index is 2.62. The van der Waals surface area contributed by atoms with E-state index in [4.69, 9.17) is 0 Å². The van der Waals surface area contributed by atoms with E-state index in [0.29, 0.717) is 5.92 Å². The van der Waals surface area contributed by atoms with Crippen molar-refractivity contribution >= 4 is 0 Å². The van der Waals surface area contributed by atoms with Crippen LogP contribution in [-0.2, 0) is 32.1 Å². The smallest absolute Gasteiger partial charge is 0.0159 e. The van der Waals surface area contributed by atoms with Gasteiger partial charge in [-0.15, -0.1) is 0 Å². The van der Waals surface area contributed by atoms with Gasteiger partial charge in [0.1, 0.15) is 0 Å². The molecule has 0 fully saturated rings. The Hall–Kier alpha value is -1.56. The van der Waals surface area contributed by atoms with Gasteiger partial charge in [0.2, 0.25) is 0 Å². The Bertz CT molecular complexity index is 860. The Kier molecular flexibility index (Phi) is 16.0. The van der Waals surface area contributed by atoms with Gasteiger partial charge in [-0.3, -0.25) is 0 Å². The highest BCUT2D eigenvalue weighted by Gasteiger charge is 2.16. The van der Waals surface area contributed by atoms with Gasteiger partial charge in [-0.2, -0.15) is 0 Å². The molecule has 0 N–H and O–H groups in total. The first-order valence-corrected chi connectivity index (χ1v) is 16.5. The summed E-state index contributed by atoms with van der Waals surface area (Å²) in [7, 11) is 0. The van der Waals surface area contributed by atoms with Gasteiger partial charge in [0.25, 0.3) is 0 Å². The number of hydrogen-bond acceptors (Lipinski definition) is 0. The van der Waals surface area contributed by atoms with Crippen LogP contribution in [0.4, 0.5) is 0 Å². The lowest BCUT2D eigenvalue weighted by Gasteiger charge is -2.22. The summed E-state index contributed by atoms with van der Waals surface area (Å²) in [6.07, 6.45) is 24.1. The summed E-state index contributed by atoms with van der Waals surface area (Å²) in [6.45, 7) is 16.4. The first-order valence-electron chi connectivity index (χ1n) is 16.5. The lowest BCUT2D eigenvalue weighted by Crippen LogP contribution is -2.06. The predicted molar refractivity (Wildman–Crippen MR) is 172 cm³/mol. The molecule has 1 unspecified atom stereocenters. The van der Waals surface area contributed by atoms with E-state index in [1.54, 1.807) is 44.5 Å². The normalized spacial score (nSPS) is 12.3. The number of benzene rings is 2. The number of aryl methyl sites for hydroxylation is 4. The second kappa shape index (κ2) is 18.7. The van der Waals surface area contributed by atoms with Gasteiger partial charge in [-0.1, -0.05) is 97.4 Å². The fraction of sp³-hybridized carbons (Fsp3) is 0.658. The molecule has 0 bridgehead atoms. The molecule has 1 atom stereocenters. The molecule has 0 heterocycles. The van der Waals surface area contributed by atoms with Crippen molar-refractivity contribution < 1.29 is 0 Å². The van der Waals surface area contributed by atoms with Crippen molar-refractivity contribution in [2.45, 2.75) is 164 Å². The average molecular weight is 518 g/mol. The molecule has 0 spiro atoms. The molecule has 0 amide bonds. The van der Waals surface area contributed by atoms with Gasteiger partial charge < -0.3 is 0 Å². The van der Waals surface area contributed by atoms with E-state index >= 15 is 0 Å². The molecule has 1 radical (unpaired) electrons. The highest BCUT2D eigenvalue weighted by molar-refractivity contribution is 5.41. The van der Waals surface area contributed by atoms with Crippen LogP contribution in [0.2, 0.25) is 0 Å². The average Bonchev–Trinajstić information content (AvgIpc) is 2.92. The zero-order chi connectivity index (χ0) is 27.8. The fourth-order valence-electron chi connectivity index (χ4n) is 5.96. The van der Waals surface area contributed by atoms with Gasteiger partial charge in [-0.25, -0.2) is 0 Å². The maximum Gasteiger partial charge on any atom is -0.0159 e. The van der Waals surface area contributed by atoms with Gasteiger partial charge in [0.05, 0.1) is 0 Å². The van der Waals surface area contributed by atoms with Crippen LogP contribution in [0.3, 0.4) is 0 Å². The minimum Gasteiger partial charge on any atom is -0.0654 e. The molecule has 0 aromatic heterocycles. The monoisotopic (exact) mass is 517 g/mol. The van der Waals surface area contributed by atoms with E-state index in [1.165, 1.54) is 103 Å². The lowest BCUT2D eigenvalue weighted by atomic mass is 9.83. The molecule has 0 saturated heterocycles. The maximum atomic E-state index is 2.62. The van der Waals surface area contributed by atoms with Crippen molar-refractivity contribution in [3.63, 3.8) is 0 Å². The molecule has 0 aliphatic heterocycles. The molecule has 2 aromatic rings. The molecule has 0 nitrogen and oxygen atoms in total. The third kappa shape index (κ3) is 10.5. The predicted octanol–water partition coefficient (Wildman–Crippen LogP) is 11.8. The number of rotatable bonds is 20. The summed E-state index contributed by atoms with van der Waals surface area (Å²) >= 11 is 0. The first-order chi connectivity index (χ1) is 18.5. The van der Waals surface area contributed by atoms with Crippen molar-refractivity contribution in [2.24, 2.45) is 0 Å². The van der Waals surface area contributed by atoms with Crippen molar-refractivity contribution in [3.8, 4) is 0 Å². The van der Waals surface area contributed by atoms with Gasteiger partial charge in [0, 0.05) is 0 Å². The Morgan fingerprint density at radius 3 is 1.34 bits per heavy atom. The molecule has 2 aromatic carbocycles. The molecule has 0 aliphatic carbocycles. The van der Waals surface area contributed by atoms with E-state index in [2.05, 4.69) is 79.2 Å². The molecular weight excluding hydrogens is 456 g/mol. The Morgan fingerprint density at radius 2 is 0.947 bits per heavy atom. The summed E-state index contributed by atoms with van der Waals surface area (Å²) in [5, 5.41) is 0. The van der Waals surface area contributed by atoms with Crippen molar-refractivity contribution in [1.82, 2.24) is 0 Å². The number of unbranched alkanes of at least 4 members (excludes halogenated alkanes) is 5. The summed E-state index contributed by atoms with van der Waals surface area (Å²) in [5.74, 6) is 0.654. The topological polar surface area (TPSA) is 0 Å². The second-order valence-corrected chi connectivity index (χ2v) is 12.0. The summed E-state index contributed by atoms with van der Waals surface area (Å²) in [6, 6.07) is 10.3. The van der Waals surface area contributed by atoms with Crippen molar-refractivity contribution in [3.05, 3.63) is 75.2 Å². The Morgan fingerprint density at radius 1 is 0.553 bits per heavy atom. The van der Waals surface area contributed by atoms with Gasteiger partial charge >= 0.3 is 0 Å². The van der Waals surface area contributed by atoms with Crippen LogP contribution in [0, 0.1) is 20.3 Å². The molecule has 213 valence electrons. The minimum atomic E-state index is 0.654. The quantitative estimate of drug-likeness (QED) is 0.164. The van der Waals surface area contributed by atoms with Crippen LogP contribution in [0.25, 0.3) is 0 Å². The molecule has 0 aliphatic rings. The third-order valence-corrected chi connectivity index (χ3v) is 8.74. The van der Waals surface area contributed by atoms with Gasteiger partial charge in [0.15, 0.2) is 0 Å². The second-order valence-electron chi connectivity index (χ2n) is 12.0. The first kappa shape index (κ1) is 32.7. The molecule has 2 rings (SSSR count). The van der Waals surface area contributed by atoms with E-state index in [-0.39, 0.29) is 0 Å². The fourth-order valence-corrected chi connectivity index (χ4v) is 5.96. The zero-order valence-corrected chi connectivity index (χ0v) is 26.5. The van der Waals surface area contributed by atoms with Crippen LogP contribution in [0.5, 0.6) is 0 Å². The van der Waals surface area contributed by atoms with E-state index in [0.717, 1.165) is 6.42 Å². The van der Waals surface area contributed by atoms with Gasteiger partial charge in [-0.05, 0) is 141 Å². The van der Waals surface area contributed by atoms with Crippen LogP contribution in [0.15, 0.2) is 24.3 Å². The standard InChI is InChI=1S/C38H61/c1-8-13-20-33(38-28-36(23-16-11-4)31(7)37(29-38)24-17-12-5)25-18-19-32-26-34(21-14-9-2)30(6)35(27-32)22-15-10-3/h18,26-29,33H,8-17,19-25H2,1-7H3. The highest BCUT2D eigenvalue weighted by Crippen LogP contribution is 2.32. The lowest BCUT2D eigenvalue weighted by molar-refractivity contribution is 0.570. The Labute approximate surface area is 238 Å². The van der Waals surface area contributed by atoms with E-state index in [1.807, 2.05) is 0 Å². The third-order valence-electron chi connectivity index (χ3n) is 8.74. The van der Waals surface area contributed by atoms with Crippen molar-refractivity contribution in [2.75, 3.05) is 0 Å². The van der Waals surface area contributed by atoms with Crippen LogP contribution in [-0.4, -0.2) is 0 Å². The van der Waals surface area contributed by atoms with E-state index in [9.17, 15) is 0 Å². The molecule has 38 heavy (non-hydrogen) atoms. The summed E-state index contributed by atoms with van der Waals surface area (Å²) in [5.41, 5.74) is 12.8. The molecular formula is C38H61. The largest absolute Gasteiger partial charge is 0.0654 e. The Balaban J connectivity index is 2.25. The molecule has 0 heteroatoms. The van der Waals surface area contributed by atoms with Crippen molar-refractivity contribution in [1.29, 1.82) is 0 Å². The van der Waals surface area contributed by atoms with E-state index < -0.39 is 0 Å². The SMILES string of the molecule is CCCCc1cc(C[CH]CC(CCCC)c2cc(CCCC)c(C)c(CCCC)c2)cc(CCCC)c1C. The van der Waals surface area contributed by atoms with Crippen LogP contribution >= 0.6 is 0 Å². The summed E-state index contributed by atoms with van der Waals surface area (Å²) in [4.78, 5) is 0.